The normalized spacial score (nSPS) is 28.4. The van der Waals surface area contributed by atoms with Crippen LogP contribution in [0.15, 0.2) is 5.18 Å². The van der Waals surface area contributed by atoms with Crippen LogP contribution in [0.4, 0.5) is 0 Å². The summed E-state index contributed by atoms with van der Waals surface area (Å²) >= 11 is 0. The van der Waals surface area contributed by atoms with Crippen LogP contribution in [-0.2, 0) is 4.79 Å². The Bertz CT molecular complexity index is 328. The number of hydrogen-bond donors (Lipinski definition) is 1. The van der Waals surface area contributed by atoms with E-state index in [1.807, 2.05) is 0 Å². The van der Waals surface area contributed by atoms with Crippen molar-refractivity contribution in [2.75, 3.05) is 7.05 Å². The third-order valence-electron chi connectivity index (χ3n) is 4.94. The van der Waals surface area contributed by atoms with Crippen molar-refractivity contribution in [1.29, 1.82) is 0 Å². The first-order valence-corrected chi connectivity index (χ1v) is 7.94. The van der Waals surface area contributed by atoms with Crippen molar-refractivity contribution in [2.45, 2.75) is 59.4 Å². The molecule has 0 saturated heterocycles. The fraction of sp³-hybridized carbons (Fsp3) is 0.938. The van der Waals surface area contributed by atoms with Gasteiger partial charge in [0.1, 0.15) is 0 Å². The zero-order valence-corrected chi connectivity index (χ0v) is 13.6. The van der Waals surface area contributed by atoms with Gasteiger partial charge in [-0.15, -0.1) is 0 Å². The van der Waals surface area contributed by atoms with Gasteiger partial charge in [0.05, 0.1) is 6.04 Å². The van der Waals surface area contributed by atoms with Gasteiger partial charge in [0.2, 0.25) is 5.91 Å². The number of nitroso groups, excluding NO2 is 1. The van der Waals surface area contributed by atoms with Gasteiger partial charge < -0.3 is 5.32 Å². The van der Waals surface area contributed by atoms with Crippen LogP contribution >= 0.6 is 0 Å². The van der Waals surface area contributed by atoms with E-state index in [1.165, 1.54) is 0 Å². The molecule has 116 valence electrons. The number of rotatable bonds is 6. The molecule has 1 rings (SSSR count). The van der Waals surface area contributed by atoms with Crippen LogP contribution in [0.5, 0.6) is 0 Å². The van der Waals surface area contributed by atoms with E-state index in [0.29, 0.717) is 23.7 Å². The first kappa shape index (κ1) is 17.1. The molecule has 1 aliphatic rings. The zero-order valence-electron chi connectivity index (χ0n) is 13.6. The summed E-state index contributed by atoms with van der Waals surface area (Å²) in [6.45, 7) is 8.53. The summed E-state index contributed by atoms with van der Waals surface area (Å²) < 4.78 is 0. The highest BCUT2D eigenvalue weighted by Crippen LogP contribution is 2.39. The minimum absolute atomic E-state index is 0.0490. The largest absolute Gasteiger partial charge is 0.359 e. The van der Waals surface area contributed by atoms with Gasteiger partial charge in [-0.3, -0.25) is 4.79 Å². The monoisotopic (exact) mass is 282 g/mol. The van der Waals surface area contributed by atoms with Crippen LogP contribution in [-0.4, -0.2) is 19.0 Å². The molecule has 4 atom stereocenters. The molecular weight excluding hydrogens is 252 g/mol. The smallest absolute Gasteiger partial charge is 0.223 e. The van der Waals surface area contributed by atoms with E-state index in [9.17, 15) is 9.70 Å². The van der Waals surface area contributed by atoms with Crippen molar-refractivity contribution >= 4 is 5.91 Å². The maximum atomic E-state index is 12.0. The maximum Gasteiger partial charge on any atom is 0.223 e. The fourth-order valence-corrected chi connectivity index (χ4v) is 3.59. The molecule has 0 bridgehead atoms. The third kappa shape index (κ3) is 4.29. The molecular formula is C16H30N2O2. The Balaban J connectivity index is 2.65. The van der Waals surface area contributed by atoms with Crippen LogP contribution in [0.3, 0.4) is 0 Å². The molecule has 1 N–H and O–H groups in total. The Kier molecular flexibility index (Phi) is 6.63. The molecule has 0 heterocycles. The quantitative estimate of drug-likeness (QED) is 0.757. The molecule has 0 aromatic rings. The Labute approximate surface area is 123 Å². The summed E-state index contributed by atoms with van der Waals surface area (Å²) in [6, 6.07) is -0.0637. The average Bonchev–Trinajstić information content (AvgIpc) is 2.42. The van der Waals surface area contributed by atoms with E-state index in [-0.39, 0.29) is 17.9 Å². The lowest BCUT2D eigenvalue weighted by atomic mass is 9.70. The van der Waals surface area contributed by atoms with E-state index in [4.69, 9.17) is 0 Å². The van der Waals surface area contributed by atoms with E-state index >= 15 is 0 Å². The van der Waals surface area contributed by atoms with Crippen molar-refractivity contribution in [3.8, 4) is 0 Å². The zero-order chi connectivity index (χ0) is 15.3. The Morgan fingerprint density at radius 3 is 2.35 bits per heavy atom. The molecule has 1 fully saturated rings. The summed E-state index contributed by atoms with van der Waals surface area (Å²) in [6.07, 6.45) is 3.92. The number of carbonyl (C=O) groups excluding carboxylic acids is 1. The predicted molar refractivity (Wildman–Crippen MR) is 82.3 cm³/mol. The van der Waals surface area contributed by atoms with Gasteiger partial charge in [-0.1, -0.05) is 32.9 Å². The van der Waals surface area contributed by atoms with Gasteiger partial charge in [0.25, 0.3) is 0 Å². The van der Waals surface area contributed by atoms with E-state index in [0.717, 1.165) is 25.7 Å². The van der Waals surface area contributed by atoms with E-state index in [1.54, 1.807) is 7.05 Å². The first-order valence-electron chi connectivity index (χ1n) is 7.94. The number of nitrogens with zero attached hydrogens (tertiary/aromatic N) is 1. The fourth-order valence-electron chi connectivity index (χ4n) is 3.59. The van der Waals surface area contributed by atoms with Gasteiger partial charge >= 0.3 is 0 Å². The summed E-state index contributed by atoms with van der Waals surface area (Å²) in [5, 5.41) is 6.13. The summed E-state index contributed by atoms with van der Waals surface area (Å²) in [5.74, 6) is 1.90. The van der Waals surface area contributed by atoms with Crippen molar-refractivity contribution in [1.82, 2.24) is 5.32 Å². The lowest BCUT2D eigenvalue weighted by Gasteiger charge is -2.36. The molecule has 0 aliphatic heterocycles. The number of hydrogen-bond acceptors (Lipinski definition) is 3. The maximum absolute atomic E-state index is 12.0. The van der Waals surface area contributed by atoms with Gasteiger partial charge in [-0.05, 0) is 49.4 Å². The average molecular weight is 282 g/mol. The van der Waals surface area contributed by atoms with Crippen LogP contribution in [0.2, 0.25) is 0 Å². The van der Waals surface area contributed by atoms with Crippen molar-refractivity contribution < 1.29 is 4.79 Å². The van der Waals surface area contributed by atoms with Gasteiger partial charge in [-0.2, -0.15) is 4.91 Å². The summed E-state index contributed by atoms with van der Waals surface area (Å²) in [5.41, 5.74) is 0. The summed E-state index contributed by atoms with van der Waals surface area (Å²) in [7, 11) is 1.70. The second kappa shape index (κ2) is 7.75. The topological polar surface area (TPSA) is 58.5 Å². The minimum Gasteiger partial charge on any atom is -0.359 e. The minimum atomic E-state index is -0.0637. The number of nitrogens with one attached hydrogen (secondary N) is 1. The lowest BCUT2D eigenvalue weighted by Crippen LogP contribution is -2.36. The Hall–Kier alpha value is -0.930. The van der Waals surface area contributed by atoms with Gasteiger partial charge in [0, 0.05) is 13.0 Å². The van der Waals surface area contributed by atoms with Gasteiger partial charge in [0.15, 0.2) is 0 Å². The lowest BCUT2D eigenvalue weighted by molar-refractivity contribution is -0.126. The first-order chi connectivity index (χ1) is 9.40. The van der Waals surface area contributed by atoms with Crippen LogP contribution in [0.25, 0.3) is 0 Å². The van der Waals surface area contributed by atoms with E-state index in [2.05, 4.69) is 38.2 Å². The molecule has 0 radical (unpaired) electrons. The van der Waals surface area contributed by atoms with E-state index < -0.39 is 0 Å². The molecule has 0 aromatic heterocycles. The number of carbonyl (C=O) groups is 1. The summed E-state index contributed by atoms with van der Waals surface area (Å²) in [4.78, 5) is 23.1. The molecule has 0 aromatic carbocycles. The second-order valence-electron chi connectivity index (χ2n) is 6.96. The van der Waals surface area contributed by atoms with Crippen molar-refractivity contribution in [3.05, 3.63) is 4.91 Å². The third-order valence-corrected chi connectivity index (χ3v) is 4.94. The Morgan fingerprint density at radius 1 is 1.25 bits per heavy atom. The SMILES string of the molecule is CNC(=O)[C@@H](C[C@H]1CC[C@@H](C(C)C)C(N=O)C1)C(C)C. The number of amides is 1. The molecule has 20 heavy (non-hydrogen) atoms. The molecule has 1 unspecified atom stereocenters. The highest BCUT2D eigenvalue weighted by Gasteiger charge is 2.35. The highest BCUT2D eigenvalue weighted by atomic mass is 16.3. The van der Waals surface area contributed by atoms with Gasteiger partial charge in [-0.25, -0.2) is 0 Å². The molecule has 4 nitrogen and oxygen atoms in total. The molecule has 1 saturated carbocycles. The van der Waals surface area contributed by atoms with Crippen LogP contribution in [0, 0.1) is 34.5 Å². The Morgan fingerprint density at radius 2 is 1.90 bits per heavy atom. The van der Waals surface area contributed by atoms with Crippen LogP contribution < -0.4 is 5.32 Å². The molecule has 0 spiro atoms. The van der Waals surface area contributed by atoms with Crippen molar-refractivity contribution in [3.63, 3.8) is 0 Å². The molecule has 4 heteroatoms. The predicted octanol–water partition coefficient (Wildman–Crippen LogP) is 3.60. The second-order valence-corrected chi connectivity index (χ2v) is 6.96. The van der Waals surface area contributed by atoms with Crippen molar-refractivity contribution in [2.24, 2.45) is 34.8 Å². The van der Waals surface area contributed by atoms with Crippen LogP contribution in [0.1, 0.15) is 53.4 Å². The molecule has 1 amide bonds. The highest BCUT2D eigenvalue weighted by molar-refractivity contribution is 5.78. The standard InChI is InChI=1S/C16H30N2O2/c1-10(2)13-7-6-12(9-15(13)18-20)8-14(11(3)4)16(19)17-5/h10-15H,6-9H2,1-5H3,(H,17,19)/t12-,13+,14+,15?/m1/s1. The molecule has 1 aliphatic carbocycles.